The van der Waals surface area contributed by atoms with Crippen LogP contribution in [-0.4, -0.2) is 36.5 Å². The molecule has 31 heavy (non-hydrogen) atoms. The lowest BCUT2D eigenvalue weighted by atomic mass is 10.2. The quantitative estimate of drug-likeness (QED) is 0.418. The van der Waals surface area contributed by atoms with Crippen molar-refractivity contribution in [2.24, 2.45) is 5.10 Å². The average Bonchev–Trinajstić information content (AvgIpc) is 3.49. The third kappa shape index (κ3) is 4.78. The van der Waals surface area contributed by atoms with E-state index in [-0.39, 0.29) is 10.6 Å². The van der Waals surface area contributed by atoms with Crippen LogP contribution in [0.1, 0.15) is 17.8 Å². The Bertz CT molecular complexity index is 1240. The smallest absolute Gasteiger partial charge is 0.243 e. The molecule has 7 nitrogen and oxygen atoms in total. The van der Waals surface area contributed by atoms with Gasteiger partial charge in [-0.2, -0.15) is 14.7 Å². The zero-order chi connectivity index (χ0) is 21.8. The third-order valence-electron chi connectivity index (χ3n) is 4.81. The van der Waals surface area contributed by atoms with Crippen molar-refractivity contribution in [2.45, 2.75) is 17.7 Å². The Morgan fingerprint density at radius 1 is 1.13 bits per heavy atom. The molecule has 1 aliphatic rings. The highest BCUT2D eigenvalue weighted by atomic mass is 35.5. The van der Waals surface area contributed by atoms with Crippen molar-refractivity contribution >= 4 is 44.4 Å². The standard InChI is InChI=1S/C21H18ClN5O2S2/c22-16-5-7-17(8-6-16)25-26-19(13-23)21-24-20(14-30-21)15-3-9-18(10-4-15)31(28,29)27-11-1-2-12-27/h3-10,14,25H,1-2,11-12H2/b26-19+. The number of hydrogen-bond acceptors (Lipinski definition) is 7. The highest BCUT2D eigenvalue weighted by molar-refractivity contribution is 7.89. The maximum Gasteiger partial charge on any atom is 0.243 e. The number of nitriles is 1. The molecule has 1 aromatic heterocycles. The second-order valence-electron chi connectivity index (χ2n) is 6.86. The van der Waals surface area contributed by atoms with Crippen LogP contribution in [0.15, 0.2) is 63.9 Å². The molecule has 0 atom stereocenters. The van der Waals surface area contributed by atoms with Crippen LogP contribution >= 0.6 is 22.9 Å². The number of nitrogens with zero attached hydrogens (tertiary/aromatic N) is 4. The number of sulfonamides is 1. The number of halogens is 1. The first kappa shape index (κ1) is 21.5. The molecular weight excluding hydrogens is 454 g/mol. The van der Waals surface area contributed by atoms with Crippen LogP contribution in [-0.2, 0) is 10.0 Å². The lowest BCUT2D eigenvalue weighted by molar-refractivity contribution is 0.477. The summed E-state index contributed by atoms with van der Waals surface area (Å²) in [4.78, 5) is 4.77. The summed E-state index contributed by atoms with van der Waals surface area (Å²) in [5.74, 6) is 0. The van der Waals surface area contributed by atoms with Crippen molar-refractivity contribution in [1.29, 1.82) is 5.26 Å². The fourth-order valence-electron chi connectivity index (χ4n) is 3.16. The Kier molecular flexibility index (Phi) is 6.34. The molecule has 2 heterocycles. The van der Waals surface area contributed by atoms with Crippen molar-refractivity contribution in [1.82, 2.24) is 9.29 Å². The summed E-state index contributed by atoms with van der Waals surface area (Å²) in [5.41, 5.74) is 5.10. The molecule has 4 rings (SSSR count). The molecule has 158 valence electrons. The molecule has 0 unspecified atom stereocenters. The second kappa shape index (κ2) is 9.16. The summed E-state index contributed by atoms with van der Waals surface area (Å²) >= 11 is 7.16. The van der Waals surface area contributed by atoms with Crippen LogP contribution in [0.4, 0.5) is 5.69 Å². The Hall–Kier alpha value is -2.77. The molecule has 0 saturated carbocycles. The van der Waals surface area contributed by atoms with E-state index in [9.17, 15) is 13.7 Å². The van der Waals surface area contributed by atoms with E-state index in [1.54, 1.807) is 48.5 Å². The lowest BCUT2D eigenvalue weighted by Gasteiger charge is -2.15. The fourth-order valence-corrected chi connectivity index (χ4v) is 5.56. The molecule has 1 aliphatic heterocycles. The largest absolute Gasteiger partial charge is 0.277 e. The predicted molar refractivity (Wildman–Crippen MR) is 123 cm³/mol. The third-order valence-corrected chi connectivity index (χ3v) is 7.82. The molecule has 0 spiro atoms. The number of rotatable bonds is 6. The Balaban J connectivity index is 1.51. The first-order valence-electron chi connectivity index (χ1n) is 9.53. The van der Waals surface area contributed by atoms with Crippen LogP contribution in [0, 0.1) is 11.3 Å². The number of benzene rings is 2. The van der Waals surface area contributed by atoms with E-state index in [0.717, 1.165) is 18.4 Å². The summed E-state index contributed by atoms with van der Waals surface area (Å²) in [7, 11) is -3.45. The average molecular weight is 472 g/mol. The maximum absolute atomic E-state index is 12.7. The SMILES string of the molecule is N#C/C(=N\Nc1ccc(Cl)cc1)c1nc(-c2ccc(S(=O)(=O)N3CCCC3)cc2)cs1. The number of hydrazone groups is 1. The van der Waals surface area contributed by atoms with Gasteiger partial charge in [0.2, 0.25) is 10.0 Å². The number of nitrogens with one attached hydrogen (secondary N) is 1. The summed E-state index contributed by atoms with van der Waals surface area (Å²) < 4.78 is 26.9. The normalized spacial score (nSPS) is 15.0. The first-order valence-corrected chi connectivity index (χ1v) is 12.2. The van der Waals surface area contributed by atoms with Gasteiger partial charge in [-0.05, 0) is 49.2 Å². The highest BCUT2D eigenvalue weighted by Gasteiger charge is 2.27. The number of hydrogen-bond donors (Lipinski definition) is 1. The van der Waals surface area contributed by atoms with Crippen LogP contribution in [0.2, 0.25) is 5.02 Å². The van der Waals surface area contributed by atoms with Gasteiger partial charge in [0, 0.05) is 29.1 Å². The Morgan fingerprint density at radius 2 is 1.81 bits per heavy atom. The molecule has 0 radical (unpaired) electrons. The molecule has 0 aliphatic carbocycles. The van der Waals surface area contributed by atoms with Gasteiger partial charge in [0.15, 0.2) is 10.7 Å². The first-order chi connectivity index (χ1) is 15.0. The zero-order valence-corrected chi connectivity index (χ0v) is 18.7. The number of anilines is 1. The van der Waals surface area contributed by atoms with E-state index >= 15 is 0 Å². The molecular formula is C21H18ClN5O2S2. The summed E-state index contributed by atoms with van der Waals surface area (Å²) in [6.45, 7) is 1.14. The van der Waals surface area contributed by atoms with E-state index in [2.05, 4.69) is 15.5 Å². The highest BCUT2D eigenvalue weighted by Crippen LogP contribution is 2.26. The van der Waals surface area contributed by atoms with Gasteiger partial charge >= 0.3 is 0 Å². The maximum atomic E-state index is 12.7. The second-order valence-corrected chi connectivity index (χ2v) is 10.1. The van der Waals surface area contributed by atoms with Gasteiger partial charge in [-0.25, -0.2) is 13.4 Å². The number of thiazole rings is 1. The van der Waals surface area contributed by atoms with Crippen LogP contribution < -0.4 is 5.43 Å². The van der Waals surface area contributed by atoms with E-state index < -0.39 is 10.0 Å². The van der Waals surface area contributed by atoms with Crippen LogP contribution in [0.25, 0.3) is 11.3 Å². The van der Waals surface area contributed by atoms with Crippen LogP contribution in [0.3, 0.4) is 0 Å². The van der Waals surface area contributed by atoms with Crippen LogP contribution in [0.5, 0.6) is 0 Å². The zero-order valence-electron chi connectivity index (χ0n) is 16.3. The number of aromatic nitrogens is 1. The van der Waals surface area contributed by atoms with Crippen molar-refractivity contribution in [3.8, 4) is 17.3 Å². The molecule has 10 heteroatoms. The monoisotopic (exact) mass is 471 g/mol. The molecule has 2 aromatic carbocycles. The summed E-state index contributed by atoms with van der Waals surface area (Å²) in [5, 5.41) is 16.5. The van der Waals surface area contributed by atoms with Crippen molar-refractivity contribution in [3.63, 3.8) is 0 Å². The topological polar surface area (TPSA) is 98.5 Å². The van der Waals surface area contributed by atoms with E-state index in [4.69, 9.17) is 11.6 Å². The molecule has 3 aromatic rings. The van der Waals surface area contributed by atoms with Gasteiger partial charge in [0.25, 0.3) is 0 Å². The van der Waals surface area contributed by atoms with E-state index in [0.29, 0.717) is 34.5 Å². The van der Waals surface area contributed by atoms with E-state index in [1.165, 1.54) is 15.6 Å². The molecule has 0 bridgehead atoms. The minimum absolute atomic E-state index is 0.152. The molecule has 0 amide bonds. The molecule has 1 fully saturated rings. The lowest BCUT2D eigenvalue weighted by Crippen LogP contribution is -2.27. The van der Waals surface area contributed by atoms with E-state index in [1.807, 2.05) is 11.4 Å². The Labute approximate surface area is 189 Å². The van der Waals surface area contributed by atoms with Gasteiger partial charge in [0.05, 0.1) is 16.3 Å². The fraction of sp³-hybridized carbons (Fsp3) is 0.190. The van der Waals surface area contributed by atoms with Gasteiger partial charge < -0.3 is 0 Å². The van der Waals surface area contributed by atoms with Gasteiger partial charge in [0.1, 0.15) is 6.07 Å². The van der Waals surface area contributed by atoms with Crippen molar-refractivity contribution < 1.29 is 8.42 Å². The predicted octanol–water partition coefficient (Wildman–Crippen LogP) is 4.59. The summed E-state index contributed by atoms with van der Waals surface area (Å²) in [6, 6.07) is 15.7. The molecule has 1 saturated heterocycles. The van der Waals surface area contributed by atoms with Crippen molar-refractivity contribution in [2.75, 3.05) is 18.5 Å². The van der Waals surface area contributed by atoms with Crippen molar-refractivity contribution in [3.05, 3.63) is 63.9 Å². The molecule has 1 N–H and O–H groups in total. The van der Waals surface area contributed by atoms with Gasteiger partial charge in [-0.3, -0.25) is 5.43 Å². The minimum Gasteiger partial charge on any atom is -0.277 e. The Morgan fingerprint density at radius 3 is 2.45 bits per heavy atom. The van der Waals surface area contributed by atoms with Gasteiger partial charge in [-0.15, -0.1) is 11.3 Å². The minimum atomic E-state index is -3.45. The van der Waals surface area contributed by atoms with Gasteiger partial charge in [-0.1, -0.05) is 23.7 Å². The summed E-state index contributed by atoms with van der Waals surface area (Å²) in [6.07, 6.45) is 1.79.